The Hall–Kier alpha value is -0.550. The molecule has 0 aromatic heterocycles. The quantitative estimate of drug-likeness (QED) is 0.416. The van der Waals surface area contributed by atoms with E-state index in [9.17, 15) is 18.3 Å². The lowest BCUT2D eigenvalue weighted by Gasteiger charge is -2.59. The highest BCUT2D eigenvalue weighted by Gasteiger charge is 2.62. The maximum Gasteiger partial charge on any atom is 0.394 e. The SMILES string of the molecule is C[C@H](CC[C@@]1(O)CCOC1)[C@H]1CC[C@H]2[C@@H]3CC=C4C[C@](C)(C(F)(F)F)CC[C@]4(C)[C@H]3CC[C@]12C. The summed E-state index contributed by atoms with van der Waals surface area (Å²) >= 11 is 0. The average Bonchev–Trinajstić information content (AvgIpc) is 3.35. The maximum absolute atomic E-state index is 13.8. The van der Waals surface area contributed by atoms with Gasteiger partial charge in [-0.25, -0.2) is 0 Å². The molecule has 1 aliphatic heterocycles. The Labute approximate surface area is 204 Å². The molecule has 34 heavy (non-hydrogen) atoms. The van der Waals surface area contributed by atoms with Crippen LogP contribution in [-0.2, 0) is 4.74 Å². The highest BCUT2D eigenvalue weighted by molar-refractivity contribution is 5.27. The summed E-state index contributed by atoms with van der Waals surface area (Å²) in [6.07, 6.45) is 7.79. The molecule has 0 bridgehead atoms. The largest absolute Gasteiger partial charge is 0.394 e. The van der Waals surface area contributed by atoms with Crippen LogP contribution in [0.5, 0.6) is 0 Å². The summed E-state index contributed by atoms with van der Waals surface area (Å²) in [5.74, 6) is 3.11. The molecule has 5 heteroatoms. The van der Waals surface area contributed by atoms with Gasteiger partial charge in [-0.3, -0.25) is 0 Å². The zero-order valence-corrected chi connectivity index (χ0v) is 21.6. The topological polar surface area (TPSA) is 29.5 Å². The van der Waals surface area contributed by atoms with Gasteiger partial charge in [-0.05, 0) is 105 Å². The van der Waals surface area contributed by atoms with Gasteiger partial charge in [0.25, 0.3) is 0 Å². The lowest BCUT2D eigenvalue weighted by Crippen LogP contribution is -2.52. The molecule has 4 fully saturated rings. The molecule has 0 aromatic rings. The zero-order chi connectivity index (χ0) is 24.6. The van der Waals surface area contributed by atoms with Crippen molar-refractivity contribution in [2.45, 2.75) is 110 Å². The van der Waals surface area contributed by atoms with E-state index in [0.29, 0.717) is 54.6 Å². The van der Waals surface area contributed by atoms with Gasteiger partial charge in [-0.15, -0.1) is 0 Å². The van der Waals surface area contributed by atoms with E-state index in [0.717, 1.165) is 37.7 Å². The highest BCUT2D eigenvalue weighted by atomic mass is 19.4. The number of halogens is 3. The summed E-state index contributed by atoms with van der Waals surface area (Å²) in [4.78, 5) is 0. The third kappa shape index (κ3) is 3.81. The molecular formula is C29H45F3O2. The van der Waals surface area contributed by atoms with Crippen LogP contribution in [0.15, 0.2) is 11.6 Å². The summed E-state index contributed by atoms with van der Waals surface area (Å²) in [7, 11) is 0. The first-order valence-electron chi connectivity index (χ1n) is 13.9. The summed E-state index contributed by atoms with van der Waals surface area (Å²) in [5.41, 5.74) is -0.804. The van der Waals surface area contributed by atoms with E-state index in [-0.39, 0.29) is 18.3 Å². The minimum absolute atomic E-state index is 0.0511. The van der Waals surface area contributed by atoms with Crippen molar-refractivity contribution in [1.29, 1.82) is 0 Å². The third-order valence-electron chi connectivity index (χ3n) is 12.0. The standard InChI is InChI=1S/C29H45F3O2/c1-19(9-12-28(33)15-16-34-18-28)22-7-8-23-21-6-5-20-17-25(2,29(30,31)32)13-14-26(20,3)24(21)10-11-27(22,23)4/h5,19,21-24,33H,6-18H2,1-4H3/t19-,21+,22-,23+,24+,25-,26+,27-,28-/m1/s1. The number of ether oxygens (including phenoxy) is 1. The Morgan fingerprint density at radius 1 is 1.06 bits per heavy atom. The molecule has 0 spiro atoms. The van der Waals surface area contributed by atoms with Crippen LogP contribution in [0.4, 0.5) is 13.2 Å². The Bertz CT molecular complexity index is 815. The molecular weight excluding hydrogens is 437 g/mol. The van der Waals surface area contributed by atoms with Crippen molar-refractivity contribution in [3.05, 3.63) is 11.6 Å². The normalized spacial score (nSPS) is 49.7. The number of allylic oxidation sites excluding steroid dienone is 2. The van der Waals surface area contributed by atoms with E-state index >= 15 is 0 Å². The third-order valence-corrected chi connectivity index (χ3v) is 12.0. The fourth-order valence-corrected chi connectivity index (χ4v) is 9.53. The number of aliphatic hydroxyl groups is 1. The van der Waals surface area contributed by atoms with Crippen molar-refractivity contribution in [1.82, 2.24) is 0 Å². The average molecular weight is 483 g/mol. The van der Waals surface area contributed by atoms with Gasteiger partial charge in [0, 0.05) is 13.0 Å². The molecule has 194 valence electrons. The van der Waals surface area contributed by atoms with Crippen molar-refractivity contribution in [3.63, 3.8) is 0 Å². The zero-order valence-electron chi connectivity index (χ0n) is 21.6. The molecule has 0 amide bonds. The van der Waals surface area contributed by atoms with Crippen LogP contribution in [0.3, 0.4) is 0 Å². The van der Waals surface area contributed by atoms with Crippen LogP contribution in [0.25, 0.3) is 0 Å². The number of hydrogen-bond donors (Lipinski definition) is 1. The molecule has 0 radical (unpaired) electrons. The van der Waals surface area contributed by atoms with Crippen LogP contribution in [0.2, 0.25) is 0 Å². The first-order valence-corrected chi connectivity index (χ1v) is 13.9. The molecule has 0 aromatic carbocycles. The molecule has 1 N–H and O–H groups in total. The second-order valence-corrected chi connectivity index (χ2v) is 13.8. The van der Waals surface area contributed by atoms with Crippen LogP contribution < -0.4 is 0 Å². The smallest absolute Gasteiger partial charge is 0.387 e. The van der Waals surface area contributed by atoms with Crippen molar-refractivity contribution < 1.29 is 23.0 Å². The fourth-order valence-electron chi connectivity index (χ4n) is 9.53. The number of alkyl halides is 3. The molecule has 2 nitrogen and oxygen atoms in total. The Morgan fingerprint density at radius 3 is 2.50 bits per heavy atom. The van der Waals surface area contributed by atoms with Gasteiger partial charge >= 0.3 is 6.18 Å². The second kappa shape index (κ2) is 8.23. The summed E-state index contributed by atoms with van der Waals surface area (Å²) in [6, 6.07) is 0. The molecule has 9 atom stereocenters. The van der Waals surface area contributed by atoms with Crippen LogP contribution in [0.1, 0.15) is 98.3 Å². The van der Waals surface area contributed by atoms with E-state index in [1.165, 1.54) is 26.2 Å². The van der Waals surface area contributed by atoms with Crippen molar-refractivity contribution >= 4 is 0 Å². The van der Waals surface area contributed by atoms with Crippen molar-refractivity contribution in [2.75, 3.05) is 13.2 Å². The van der Waals surface area contributed by atoms with E-state index in [2.05, 4.69) is 26.8 Å². The molecule has 3 saturated carbocycles. The second-order valence-electron chi connectivity index (χ2n) is 13.8. The maximum atomic E-state index is 13.8. The Balaban J connectivity index is 1.31. The van der Waals surface area contributed by atoms with Gasteiger partial charge in [-0.2, -0.15) is 13.2 Å². The molecule has 0 unspecified atom stereocenters. The minimum atomic E-state index is -4.12. The fraction of sp³-hybridized carbons (Fsp3) is 0.931. The van der Waals surface area contributed by atoms with E-state index in [4.69, 9.17) is 4.74 Å². The Kier molecular flexibility index (Phi) is 6.08. The molecule has 5 rings (SSSR count). The summed E-state index contributed by atoms with van der Waals surface area (Å²) in [5, 5.41) is 10.8. The van der Waals surface area contributed by atoms with E-state index < -0.39 is 17.2 Å². The van der Waals surface area contributed by atoms with E-state index in [1.807, 2.05) is 0 Å². The van der Waals surface area contributed by atoms with Gasteiger partial charge in [0.2, 0.25) is 0 Å². The van der Waals surface area contributed by atoms with Crippen LogP contribution >= 0.6 is 0 Å². The predicted octanol–water partition coefficient (Wildman–Crippen LogP) is 7.70. The summed E-state index contributed by atoms with van der Waals surface area (Å²) in [6.45, 7) is 9.81. The van der Waals surface area contributed by atoms with Crippen molar-refractivity contribution in [2.24, 2.45) is 45.8 Å². The van der Waals surface area contributed by atoms with Gasteiger partial charge in [-0.1, -0.05) is 39.3 Å². The lowest BCUT2D eigenvalue weighted by atomic mass is 9.45. The monoisotopic (exact) mass is 482 g/mol. The molecule has 1 heterocycles. The first-order chi connectivity index (χ1) is 15.8. The molecule has 4 aliphatic carbocycles. The summed E-state index contributed by atoms with van der Waals surface area (Å²) < 4.78 is 46.9. The van der Waals surface area contributed by atoms with Gasteiger partial charge < -0.3 is 9.84 Å². The van der Waals surface area contributed by atoms with Crippen LogP contribution in [0, 0.1) is 45.8 Å². The number of rotatable bonds is 4. The first kappa shape index (κ1) is 25.1. The molecule has 1 saturated heterocycles. The lowest BCUT2D eigenvalue weighted by molar-refractivity contribution is -0.229. The number of fused-ring (bicyclic) bond motifs is 5. The van der Waals surface area contributed by atoms with E-state index in [1.54, 1.807) is 0 Å². The molecule has 5 aliphatic rings. The van der Waals surface area contributed by atoms with Crippen molar-refractivity contribution in [3.8, 4) is 0 Å². The minimum Gasteiger partial charge on any atom is -0.387 e. The number of hydrogen-bond acceptors (Lipinski definition) is 2. The van der Waals surface area contributed by atoms with Crippen LogP contribution in [-0.4, -0.2) is 30.1 Å². The van der Waals surface area contributed by atoms with Gasteiger partial charge in [0.15, 0.2) is 0 Å². The Morgan fingerprint density at radius 2 is 1.82 bits per heavy atom. The predicted molar refractivity (Wildman–Crippen MR) is 128 cm³/mol. The van der Waals surface area contributed by atoms with Gasteiger partial charge in [0.1, 0.15) is 0 Å². The van der Waals surface area contributed by atoms with Gasteiger partial charge in [0.05, 0.1) is 17.6 Å². The highest BCUT2D eigenvalue weighted by Crippen LogP contribution is 2.69.